The fourth-order valence-electron chi connectivity index (χ4n) is 11.4. The number of fused-ring (bicyclic) bond motifs is 2. The van der Waals surface area contributed by atoms with E-state index in [1.54, 1.807) is 55.1 Å². The molecule has 11 atom stereocenters. The number of hydrogen-bond acceptors (Lipinski definition) is 11. The zero-order valence-electron chi connectivity index (χ0n) is 45.3. The molecule has 1 unspecified atom stereocenters. The van der Waals surface area contributed by atoms with Gasteiger partial charge in [0.2, 0.25) is 35.4 Å². The summed E-state index contributed by atoms with van der Waals surface area (Å²) in [6.45, 7) is 10.7. The van der Waals surface area contributed by atoms with Crippen LogP contribution in [0.1, 0.15) is 116 Å². The molecule has 1 saturated carbocycles. The molecule has 5 N–H and O–H groups in total. The highest BCUT2D eigenvalue weighted by Crippen LogP contribution is 2.36. The van der Waals surface area contributed by atoms with E-state index in [1.165, 1.54) is 24.2 Å². The lowest BCUT2D eigenvalue weighted by Gasteiger charge is -2.41. The Morgan fingerprint density at radius 2 is 1.53 bits per heavy atom. The first-order valence-corrected chi connectivity index (χ1v) is 27.2. The highest BCUT2D eigenvalue weighted by atomic mass is 16.5. The lowest BCUT2D eigenvalue weighted by atomic mass is 9.89. The van der Waals surface area contributed by atoms with Crippen molar-refractivity contribution in [1.82, 2.24) is 36.0 Å². The number of likely N-dealkylation sites (tertiary alicyclic amines) is 1. The van der Waals surface area contributed by atoms with Crippen LogP contribution in [-0.2, 0) is 60.8 Å². The number of benzene rings is 2. The fourth-order valence-corrected chi connectivity index (χ4v) is 11.4. The van der Waals surface area contributed by atoms with Gasteiger partial charge >= 0.3 is 0 Å². The monoisotopic (exact) mass is 1040 g/mol. The number of anilines is 1. The summed E-state index contributed by atoms with van der Waals surface area (Å²) < 4.78 is 12.2. The molecule has 6 rings (SSSR count). The smallest absolute Gasteiger partial charge is 0.253 e. The van der Waals surface area contributed by atoms with Gasteiger partial charge in [-0.3, -0.25) is 43.3 Å². The number of likely N-dealkylation sites (N-methyl/N-ethyl adjacent to an activating group) is 1. The number of ether oxygens (including phenoxy) is 2. The van der Waals surface area contributed by atoms with Crippen molar-refractivity contribution in [3.63, 3.8) is 0 Å². The van der Waals surface area contributed by atoms with Crippen molar-refractivity contribution < 1.29 is 47.8 Å². The number of imide groups is 1. The number of nitrogens with one attached hydrogen (secondary N) is 5. The number of amides is 8. The Labute approximate surface area is 443 Å². The minimum Gasteiger partial charge on any atom is -0.379 e. The van der Waals surface area contributed by atoms with Gasteiger partial charge in [0.1, 0.15) is 12.1 Å². The summed E-state index contributed by atoms with van der Waals surface area (Å²) in [5.74, 6) is -2.87. The molecule has 3 aliphatic heterocycles. The SMILES string of the molecule is CC[C@H](C)[C@@H]([C@@H](CC(=O)N1CCC[C@H]1[C@H](OC)[C@@H](C)C(=O)N[C@@H](Cc1ccccc1)C(=O)Nc1ccc(CNC(=O)CCCCCN2C(=O)C=CC2=O)cc1)OC)N(C)C(=O)[C@@H](NC(=O)[C@H]1N[C@H]2CCC1C2)C(C)C. The minimum absolute atomic E-state index is 0.0198. The maximum atomic E-state index is 14.5. The van der Waals surface area contributed by atoms with E-state index in [-0.39, 0.29) is 78.6 Å². The molecular formula is C57H82N8O10. The van der Waals surface area contributed by atoms with Crippen LogP contribution in [0.4, 0.5) is 5.69 Å². The van der Waals surface area contributed by atoms with Crippen LogP contribution in [0.25, 0.3) is 0 Å². The highest BCUT2D eigenvalue weighted by molar-refractivity contribution is 6.12. The first-order chi connectivity index (χ1) is 35.9. The van der Waals surface area contributed by atoms with Crippen molar-refractivity contribution >= 4 is 52.9 Å². The molecule has 0 radical (unpaired) electrons. The van der Waals surface area contributed by atoms with E-state index in [0.29, 0.717) is 69.8 Å². The molecule has 2 aromatic rings. The lowest BCUT2D eigenvalue weighted by molar-refractivity contribution is -0.148. The van der Waals surface area contributed by atoms with E-state index in [9.17, 15) is 38.4 Å². The third-order valence-corrected chi connectivity index (χ3v) is 15.9. The van der Waals surface area contributed by atoms with Gasteiger partial charge in [-0.15, -0.1) is 0 Å². The standard InChI is InChI=1S/C57H82N8O10/c1-9-36(4)52(63(6)57(73)50(35(2)3)62-56(72)51-40-23-26-42(32-40)59-51)45(74-7)33-49(69)64-30-16-19-44(64)53(75-8)37(5)54(70)61-43(31-38-17-12-10-13-18-38)55(71)60-41-24-21-39(22-25-41)34-58-46(66)20-14-11-15-29-65-47(67)27-28-48(65)68/h10,12-13,17-18,21-22,24-25,27-28,35-37,40,42-45,50-53,59H,9,11,14-16,19-20,23,26,29-34H2,1-8H3,(H,58,66)(H,60,71)(H,61,70)(H,62,72)/t36-,37+,40?,42-,43-,44-,45+,50-,51-,52-,53+/m0/s1. The molecule has 75 heavy (non-hydrogen) atoms. The van der Waals surface area contributed by atoms with Crippen LogP contribution >= 0.6 is 0 Å². The number of nitrogens with zero attached hydrogens (tertiary/aromatic N) is 3. The normalized spacial score (nSPS) is 21.8. The summed E-state index contributed by atoms with van der Waals surface area (Å²) in [6, 6.07) is 13.9. The van der Waals surface area contributed by atoms with Crippen LogP contribution in [0.5, 0.6) is 0 Å². The molecule has 410 valence electrons. The summed E-state index contributed by atoms with van der Waals surface area (Å²) in [5, 5.41) is 15.4. The third-order valence-electron chi connectivity index (χ3n) is 15.9. The Bertz CT molecular complexity index is 2310. The number of hydrogen-bond donors (Lipinski definition) is 5. The molecule has 2 saturated heterocycles. The average molecular weight is 1040 g/mol. The number of carbonyl (C=O) groups is 8. The third kappa shape index (κ3) is 15.3. The van der Waals surface area contributed by atoms with Crippen LogP contribution in [0.2, 0.25) is 0 Å². The number of unbranched alkanes of at least 4 members (excludes halogenated alkanes) is 2. The van der Waals surface area contributed by atoms with E-state index < -0.39 is 54.1 Å². The predicted octanol–water partition coefficient (Wildman–Crippen LogP) is 4.66. The van der Waals surface area contributed by atoms with E-state index >= 15 is 0 Å². The Kier molecular flexibility index (Phi) is 21.5. The number of carbonyl (C=O) groups excluding carboxylic acids is 8. The quantitative estimate of drug-likeness (QED) is 0.0583. The van der Waals surface area contributed by atoms with Crippen molar-refractivity contribution in [2.24, 2.45) is 23.7 Å². The van der Waals surface area contributed by atoms with Crippen LogP contribution in [0.15, 0.2) is 66.7 Å². The second-order valence-electron chi connectivity index (χ2n) is 21.4. The van der Waals surface area contributed by atoms with Gasteiger partial charge in [0.05, 0.1) is 42.7 Å². The second-order valence-corrected chi connectivity index (χ2v) is 21.4. The van der Waals surface area contributed by atoms with Crippen molar-refractivity contribution in [2.45, 2.75) is 167 Å². The molecule has 18 heteroatoms. The van der Waals surface area contributed by atoms with Crippen molar-refractivity contribution in [3.8, 4) is 0 Å². The zero-order valence-corrected chi connectivity index (χ0v) is 45.3. The van der Waals surface area contributed by atoms with Gasteiger partial charge in [-0.05, 0) is 86.0 Å². The molecule has 18 nitrogen and oxygen atoms in total. The van der Waals surface area contributed by atoms with Crippen LogP contribution in [0, 0.1) is 23.7 Å². The van der Waals surface area contributed by atoms with E-state index in [0.717, 1.165) is 30.4 Å². The van der Waals surface area contributed by atoms with Crippen molar-refractivity contribution in [3.05, 3.63) is 77.9 Å². The molecule has 0 spiro atoms. The highest BCUT2D eigenvalue weighted by Gasteiger charge is 2.46. The molecular weight excluding hydrogens is 957 g/mol. The Morgan fingerprint density at radius 3 is 2.15 bits per heavy atom. The average Bonchev–Trinajstić information content (AvgIpc) is 4.24. The second kappa shape index (κ2) is 27.7. The van der Waals surface area contributed by atoms with Gasteiger partial charge in [-0.25, -0.2) is 0 Å². The summed E-state index contributed by atoms with van der Waals surface area (Å²) in [4.78, 5) is 111. The van der Waals surface area contributed by atoms with E-state index in [1.807, 2.05) is 58.0 Å². The van der Waals surface area contributed by atoms with Gasteiger partial charge in [0, 0.05) is 77.6 Å². The molecule has 2 aromatic carbocycles. The van der Waals surface area contributed by atoms with Gasteiger partial charge in [-0.1, -0.05) is 89.9 Å². The maximum Gasteiger partial charge on any atom is 0.253 e. The lowest BCUT2D eigenvalue weighted by Crippen LogP contribution is -2.60. The number of piperidine rings is 1. The van der Waals surface area contributed by atoms with Crippen molar-refractivity contribution in [1.29, 1.82) is 0 Å². The molecule has 0 aromatic heterocycles. The zero-order chi connectivity index (χ0) is 54.3. The summed E-state index contributed by atoms with van der Waals surface area (Å²) >= 11 is 0. The molecule has 3 heterocycles. The predicted molar refractivity (Wildman–Crippen MR) is 284 cm³/mol. The Hall–Kier alpha value is -5.98. The summed E-state index contributed by atoms with van der Waals surface area (Å²) in [5.41, 5.74) is 2.17. The topological polar surface area (TPSA) is 225 Å². The van der Waals surface area contributed by atoms with Gasteiger partial charge < -0.3 is 45.9 Å². The minimum atomic E-state index is -0.967. The number of rotatable bonds is 28. The molecule has 3 fully saturated rings. The van der Waals surface area contributed by atoms with Gasteiger partial charge in [-0.2, -0.15) is 0 Å². The largest absolute Gasteiger partial charge is 0.379 e. The Morgan fingerprint density at radius 1 is 0.827 bits per heavy atom. The van der Waals surface area contributed by atoms with E-state index in [4.69, 9.17) is 9.47 Å². The molecule has 1 aliphatic carbocycles. The molecule has 4 aliphatic rings. The first-order valence-electron chi connectivity index (χ1n) is 27.2. The van der Waals surface area contributed by atoms with Crippen LogP contribution < -0.4 is 26.6 Å². The summed E-state index contributed by atoms with van der Waals surface area (Å²) in [6.07, 6.45) is 8.62. The number of methoxy groups -OCH3 is 2. The molecule has 2 bridgehead atoms. The van der Waals surface area contributed by atoms with Crippen molar-refractivity contribution in [2.75, 3.05) is 39.7 Å². The first kappa shape index (κ1) is 58.3. The fraction of sp³-hybridized carbons (Fsp3) is 0.614. The van der Waals surface area contributed by atoms with Crippen LogP contribution in [-0.4, -0.2) is 145 Å². The van der Waals surface area contributed by atoms with E-state index in [2.05, 4.69) is 26.6 Å². The van der Waals surface area contributed by atoms with Gasteiger partial charge in [0.25, 0.3) is 11.8 Å². The summed E-state index contributed by atoms with van der Waals surface area (Å²) in [7, 11) is 4.81. The van der Waals surface area contributed by atoms with Gasteiger partial charge in [0.15, 0.2) is 0 Å². The maximum absolute atomic E-state index is 14.5. The van der Waals surface area contributed by atoms with Crippen LogP contribution in [0.3, 0.4) is 0 Å². The molecule has 8 amide bonds. The Balaban J connectivity index is 1.04.